The first-order valence-electron chi connectivity index (χ1n) is 10.5. The topological polar surface area (TPSA) is 68.2 Å². The van der Waals surface area contributed by atoms with Crippen LogP contribution < -0.4 is 4.74 Å². The minimum Gasteiger partial charge on any atom is -0.488 e. The van der Waals surface area contributed by atoms with Crippen molar-refractivity contribution in [2.45, 2.75) is 6.61 Å². The van der Waals surface area contributed by atoms with E-state index in [2.05, 4.69) is 20.9 Å². The van der Waals surface area contributed by atoms with Crippen molar-refractivity contribution in [2.75, 3.05) is 14.2 Å². The Morgan fingerprint density at radius 3 is 2.49 bits per heavy atom. The predicted molar refractivity (Wildman–Crippen MR) is 138 cm³/mol. The fourth-order valence-corrected chi connectivity index (χ4v) is 4.67. The molecule has 9 heteroatoms. The molecule has 1 fully saturated rings. The molecular formula is C26H20BrFN2O4S. The third-order valence-electron chi connectivity index (χ3n) is 5.08. The summed E-state index contributed by atoms with van der Waals surface area (Å²) in [6, 6.07) is 18.3. The maximum atomic E-state index is 13.1. The van der Waals surface area contributed by atoms with Gasteiger partial charge in [0.2, 0.25) is 0 Å². The van der Waals surface area contributed by atoms with Crippen molar-refractivity contribution in [3.8, 4) is 5.75 Å². The van der Waals surface area contributed by atoms with E-state index in [-0.39, 0.29) is 11.7 Å². The van der Waals surface area contributed by atoms with Gasteiger partial charge in [-0.05, 0) is 93.4 Å². The largest absolute Gasteiger partial charge is 0.488 e. The van der Waals surface area contributed by atoms with Gasteiger partial charge in [0.25, 0.3) is 5.91 Å². The average Bonchev–Trinajstić information content (AvgIpc) is 3.12. The lowest BCUT2D eigenvalue weighted by Gasteiger charge is -2.09. The van der Waals surface area contributed by atoms with E-state index in [4.69, 9.17) is 9.47 Å². The summed E-state index contributed by atoms with van der Waals surface area (Å²) in [5, 5.41) is 0.533. The number of rotatable bonds is 6. The number of methoxy groups -OCH3 is 1. The van der Waals surface area contributed by atoms with E-state index < -0.39 is 5.97 Å². The van der Waals surface area contributed by atoms with Gasteiger partial charge in [-0.1, -0.05) is 18.2 Å². The van der Waals surface area contributed by atoms with Crippen LogP contribution in [0.25, 0.3) is 6.08 Å². The number of aliphatic imine (C=N–C) groups is 1. The number of likely N-dealkylation sites (N-methyl/N-ethyl adjacent to an activating group) is 1. The van der Waals surface area contributed by atoms with Crippen LogP contribution in [0.3, 0.4) is 0 Å². The molecule has 0 aliphatic carbocycles. The summed E-state index contributed by atoms with van der Waals surface area (Å²) < 4.78 is 24.3. The Balaban J connectivity index is 1.46. The fourth-order valence-electron chi connectivity index (χ4n) is 3.17. The number of amides is 1. The normalized spacial score (nSPS) is 15.7. The van der Waals surface area contributed by atoms with Gasteiger partial charge in [-0.3, -0.25) is 9.69 Å². The predicted octanol–water partition coefficient (Wildman–Crippen LogP) is 6.19. The lowest BCUT2D eigenvalue weighted by molar-refractivity contribution is -0.121. The molecule has 1 heterocycles. The molecule has 0 radical (unpaired) electrons. The molecule has 1 saturated heterocycles. The van der Waals surface area contributed by atoms with Crippen LogP contribution in [-0.4, -0.2) is 36.1 Å². The van der Waals surface area contributed by atoms with Gasteiger partial charge in [-0.15, -0.1) is 0 Å². The molecule has 3 aromatic rings. The van der Waals surface area contributed by atoms with Crippen molar-refractivity contribution in [1.29, 1.82) is 0 Å². The van der Waals surface area contributed by atoms with E-state index in [1.807, 2.05) is 18.2 Å². The molecule has 0 bridgehead atoms. The number of ether oxygens (including phenoxy) is 2. The van der Waals surface area contributed by atoms with Crippen LogP contribution in [0.15, 0.2) is 81.1 Å². The Bertz CT molecular complexity index is 1320. The maximum Gasteiger partial charge on any atom is 0.337 e. The monoisotopic (exact) mass is 554 g/mol. The number of esters is 1. The number of hydrogen-bond acceptors (Lipinski definition) is 6. The standard InChI is InChI=1S/C26H20BrFN2O4S/c1-30-24(31)23(35-26(30)29-20-10-6-18(7-11-20)25(32)33-2)14-17-5-12-22(21(27)13-17)34-15-16-3-8-19(28)9-4-16/h3-14H,15H2,1-2H3. The SMILES string of the molecule is COC(=O)c1ccc(N=C2SC(=Cc3ccc(OCc4ccc(F)cc4)c(Br)c3)C(=O)N2C)cc1. The summed E-state index contributed by atoms with van der Waals surface area (Å²) >= 11 is 4.78. The van der Waals surface area contributed by atoms with Crippen LogP contribution in [0.1, 0.15) is 21.5 Å². The highest BCUT2D eigenvalue weighted by atomic mass is 79.9. The number of hydrogen-bond donors (Lipinski definition) is 0. The summed E-state index contributed by atoms with van der Waals surface area (Å²) in [5.74, 6) is -0.235. The van der Waals surface area contributed by atoms with Crippen LogP contribution in [-0.2, 0) is 16.1 Å². The van der Waals surface area contributed by atoms with E-state index in [1.165, 1.54) is 35.9 Å². The third kappa shape index (κ3) is 5.98. The van der Waals surface area contributed by atoms with Gasteiger partial charge >= 0.3 is 5.97 Å². The highest BCUT2D eigenvalue weighted by Crippen LogP contribution is 2.34. The second-order valence-electron chi connectivity index (χ2n) is 7.51. The van der Waals surface area contributed by atoms with Crippen molar-refractivity contribution >= 4 is 56.5 Å². The Hall–Kier alpha value is -3.43. The zero-order valence-electron chi connectivity index (χ0n) is 18.8. The van der Waals surface area contributed by atoms with E-state index in [1.54, 1.807) is 49.5 Å². The second kappa shape index (κ2) is 10.9. The molecule has 0 saturated carbocycles. The van der Waals surface area contributed by atoms with Crippen molar-refractivity contribution in [1.82, 2.24) is 4.90 Å². The molecule has 1 amide bonds. The first-order valence-corrected chi connectivity index (χ1v) is 12.1. The zero-order valence-corrected chi connectivity index (χ0v) is 21.2. The van der Waals surface area contributed by atoms with Gasteiger partial charge in [0.05, 0.1) is 27.7 Å². The van der Waals surface area contributed by atoms with Crippen LogP contribution in [0, 0.1) is 5.82 Å². The molecule has 0 spiro atoms. The number of carbonyl (C=O) groups excluding carboxylic acids is 2. The Morgan fingerprint density at radius 2 is 1.83 bits per heavy atom. The summed E-state index contributed by atoms with van der Waals surface area (Å²) in [7, 11) is 2.99. The highest BCUT2D eigenvalue weighted by Gasteiger charge is 2.30. The number of amidine groups is 1. The molecule has 178 valence electrons. The van der Waals surface area contributed by atoms with Crippen molar-refractivity contribution < 1.29 is 23.5 Å². The smallest absolute Gasteiger partial charge is 0.337 e. The Kier molecular flexibility index (Phi) is 7.67. The Labute approximate surface area is 214 Å². The van der Waals surface area contributed by atoms with Crippen LogP contribution in [0.5, 0.6) is 5.75 Å². The first kappa shape index (κ1) is 24.7. The minimum absolute atomic E-state index is 0.160. The van der Waals surface area contributed by atoms with Crippen LogP contribution >= 0.6 is 27.7 Å². The molecule has 35 heavy (non-hydrogen) atoms. The van der Waals surface area contributed by atoms with E-state index in [0.717, 1.165) is 15.6 Å². The number of halogens is 2. The molecule has 3 aromatic carbocycles. The van der Waals surface area contributed by atoms with E-state index in [9.17, 15) is 14.0 Å². The van der Waals surface area contributed by atoms with Gasteiger partial charge in [-0.25, -0.2) is 14.2 Å². The number of carbonyl (C=O) groups is 2. The quantitative estimate of drug-likeness (QED) is 0.268. The molecule has 0 N–H and O–H groups in total. The average molecular weight is 555 g/mol. The van der Waals surface area contributed by atoms with E-state index >= 15 is 0 Å². The molecule has 1 aliphatic rings. The van der Waals surface area contributed by atoms with Crippen molar-refractivity contribution in [2.24, 2.45) is 4.99 Å². The fraction of sp³-hybridized carbons (Fsp3) is 0.115. The molecule has 0 atom stereocenters. The van der Waals surface area contributed by atoms with Crippen molar-refractivity contribution in [3.63, 3.8) is 0 Å². The van der Waals surface area contributed by atoms with Crippen molar-refractivity contribution in [3.05, 3.63) is 98.6 Å². The maximum absolute atomic E-state index is 13.1. The molecule has 0 unspecified atom stereocenters. The lowest BCUT2D eigenvalue weighted by Crippen LogP contribution is -2.23. The lowest BCUT2D eigenvalue weighted by atomic mass is 10.2. The van der Waals surface area contributed by atoms with E-state index in [0.29, 0.717) is 33.7 Å². The number of nitrogens with zero attached hydrogens (tertiary/aromatic N) is 2. The summed E-state index contributed by atoms with van der Waals surface area (Å²) in [5.41, 5.74) is 2.72. The van der Waals surface area contributed by atoms with Gasteiger partial charge in [0.15, 0.2) is 5.17 Å². The minimum atomic E-state index is -0.421. The highest BCUT2D eigenvalue weighted by molar-refractivity contribution is 9.10. The molecule has 4 rings (SSSR count). The molecule has 6 nitrogen and oxygen atoms in total. The number of benzene rings is 3. The second-order valence-corrected chi connectivity index (χ2v) is 9.38. The van der Waals surface area contributed by atoms with Gasteiger partial charge in [-0.2, -0.15) is 0 Å². The number of thioether (sulfide) groups is 1. The molecule has 1 aliphatic heterocycles. The molecule has 0 aromatic heterocycles. The Morgan fingerprint density at radius 1 is 1.11 bits per heavy atom. The summed E-state index contributed by atoms with van der Waals surface area (Å²) in [4.78, 5) is 30.9. The van der Waals surface area contributed by atoms with Crippen LogP contribution in [0.2, 0.25) is 0 Å². The summed E-state index contributed by atoms with van der Waals surface area (Å²) in [6.45, 7) is 0.304. The molecular weight excluding hydrogens is 535 g/mol. The third-order valence-corrected chi connectivity index (χ3v) is 6.76. The zero-order chi connectivity index (χ0) is 24.9. The van der Waals surface area contributed by atoms with Gasteiger partial charge in [0.1, 0.15) is 18.2 Å². The van der Waals surface area contributed by atoms with Gasteiger partial charge < -0.3 is 9.47 Å². The first-order chi connectivity index (χ1) is 16.8. The summed E-state index contributed by atoms with van der Waals surface area (Å²) in [6.07, 6.45) is 1.79. The van der Waals surface area contributed by atoms with Crippen LogP contribution in [0.4, 0.5) is 10.1 Å². The van der Waals surface area contributed by atoms with Gasteiger partial charge in [0, 0.05) is 7.05 Å².